The van der Waals surface area contributed by atoms with Crippen molar-refractivity contribution in [1.29, 1.82) is 0 Å². The van der Waals surface area contributed by atoms with Crippen LogP contribution in [-0.2, 0) is 7.05 Å². The van der Waals surface area contributed by atoms with Crippen molar-refractivity contribution in [3.63, 3.8) is 0 Å². The SMILES string of the molecule is Cn1nc(C2C(C)(C)C2(C)C)c(-c2cccnc2)c1N. The summed E-state index contributed by atoms with van der Waals surface area (Å²) in [5.41, 5.74) is 9.93. The van der Waals surface area contributed by atoms with Gasteiger partial charge in [0.1, 0.15) is 5.82 Å². The van der Waals surface area contributed by atoms with Crippen molar-refractivity contribution in [1.82, 2.24) is 14.8 Å². The molecule has 0 aliphatic heterocycles. The Morgan fingerprint density at radius 2 is 1.85 bits per heavy atom. The molecular formula is C16H22N4. The number of nitrogen functional groups attached to an aromatic ring is 1. The molecule has 1 saturated carbocycles. The fourth-order valence-electron chi connectivity index (χ4n) is 3.45. The normalized spacial score (nSPS) is 20.1. The lowest BCUT2D eigenvalue weighted by Gasteiger charge is -2.05. The highest BCUT2D eigenvalue weighted by Crippen LogP contribution is 2.74. The Hall–Kier alpha value is -1.84. The van der Waals surface area contributed by atoms with Gasteiger partial charge in [0.15, 0.2) is 0 Å². The molecule has 0 saturated heterocycles. The van der Waals surface area contributed by atoms with Crippen molar-refractivity contribution in [2.24, 2.45) is 17.9 Å². The van der Waals surface area contributed by atoms with Gasteiger partial charge in [-0.3, -0.25) is 9.67 Å². The van der Waals surface area contributed by atoms with Crippen LogP contribution in [0.2, 0.25) is 0 Å². The van der Waals surface area contributed by atoms with E-state index >= 15 is 0 Å². The van der Waals surface area contributed by atoms with Crippen LogP contribution in [0.3, 0.4) is 0 Å². The van der Waals surface area contributed by atoms with Crippen molar-refractivity contribution < 1.29 is 0 Å². The number of hydrogen-bond acceptors (Lipinski definition) is 3. The highest BCUT2D eigenvalue weighted by molar-refractivity contribution is 5.77. The minimum Gasteiger partial charge on any atom is -0.383 e. The van der Waals surface area contributed by atoms with E-state index in [1.807, 2.05) is 25.4 Å². The van der Waals surface area contributed by atoms with E-state index in [2.05, 4.69) is 32.7 Å². The molecular weight excluding hydrogens is 248 g/mol. The van der Waals surface area contributed by atoms with Gasteiger partial charge >= 0.3 is 0 Å². The molecule has 3 rings (SSSR count). The van der Waals surface area contributed by atoms with Crippen LogP contribution in [0, 0.1) is 10.8 Å². The topological polar surface area (TPSA) is 56.7 Å². The zero-order chi connectivity index (χ0) is 14.7. The first-order valence-electron chi connectivity index (χ1n) is 7.01. The average Bonchev–Trinajstić information content (AvgIpc) is 2.62. The van der Waals surface area contributed by atoms with Gasteiger partial charge in [0.2, 0.25) is 0 Å². The van der Waals surface area contributed by atoms with Gasteiger partial charge in [-0.25, -0.2) is 0 Å². The quantitative estimate of drug-likeness (QED) is 0.911. The summed E-state index contributed by atoms with van der Waals surface area (Å²) in [7, 11) is 1.90. The van der Waals surface area contributed by atoms with E-state index in [9.17, 15) is 0 Å². The van der Waals surface area contributed by atoms with E-state index in [4.69, 9.17) is 10.8 Å². The van der Waals surface area contributed by atoms with Crippen molar-refractivity contribution in [3.8, 4) is 11.1 Å². The van der Waals surface area contributed by atoms with Crippen LogP contribution in [0.25, 0.3) is 11.1 Å². The minimum absolute atomic E-state index is 0.241. The van der Waals surface area contributed by atoms with Crippen LogP contribution in [0.4, 0.5) is 5.82 Å². The van der Waals surface area contributed by atoms with Crippen LogP contribution in [0.5, 0.6) is 0 Å². The molecule has 4 heteroatoms. The molecule has 2 N–H and O–H groups in total. The largest absolute Gasteiger partial charge is 0.383 e. The van der Waals surface area contributed by atoms with E-state index in [1.165, 1.54) is 0 Å². The van der Waals surface area contributed by atoms with Gasteiger partial charge in [-0.2, -0.15) is 5.10 Å². The second kappa shape index (κ2) is 3.84. The average molecular weight is 270 g/mol. The molecule has 0 aromatic carbocycles. The van der Waals surface area contributed by atoms with E-state index in [-0.39, 0.29) is 10.8 Å². The minimum atomic E-state index is 0.241. The van der Waals surface area contributed by atoms with Crippen LogP contribution < -0.4 is 5.73 Å². The zero-order valence-electron chi connectivity index (χ0n) is 12.8. The van der Waals surface area contributed by atoms with Gasteiger partial charge in [0, 0.05) is 36.5 Å². The van der Waals surface area contributed by atoms with Crippen molar-refractivity contribution in [2.75, 3.05) is 5.73 Å². The van der Waals surface area contributed by atoms with Crippen LogP contribution in [0.15, 0.2) is 24.5 Å². The third-order valence-electron chi connectivity index (χ3n) is 5.36. The van der Waals surface area contributed by atoms with Gasteiger partial charge < -0.3 is 5.73 Å². The molecule has 0 radical (unpaired) electrons. The monoisotopic (exact) mass is 270 g/mol. The molecule has 4 nitrogen and oxygen atoms in total. The lowest BCUT2D eigenvalue weighted by atomic mass is 10.0. The van der Waals surface area contributed by atoms with E-state index in [0.29, 0.717) is 11.7 Å². The fourth-order valence-corrected chi connectivity index (χ4v) is 3.45. The maximum Gasteiger partial charge on any atom is 0.129 e. The first-order chi connectivity index (χ1) is 9.28. The number of pyridine rings is 1. The maximum atomic E-state index is 6.25. The molecule has 2 aromatic heterocycles. The van der Waals surface area contributed by atoms with Gasteiger partial charge in [-0.15, -0.1) is 0 Å². The van der Waals surface area contributed by atoms with Crippen LogP contribution in [-0.4, -0.2) is 14.8 Å². The molecule has 0 amide bonds. The van der Waals surface area contributed by atoms with E-state index < -0.39 is 0 Å². The number of aromatic nitrogens is 3. The van der Waals surface area contributed by atoms with Crippen molar-refractivity contribution in [2.45, 2.75) is 33.6 Å². The summed E-state index contributed by atoms with van der Waals surface area (Å²) in [6.07, 6.45) is 3.64. The van der Waals surface area contributed by atoms with Crippen LogP contribution in [0.1, 0.15) is 39.3 Å². The Balaban J connectivity index is 2.18. The molecule has 0 spiro atoms. The van der Waals surface area contributed by atoms with E-state index in [0.717, 1.165) is 16.8 Å². The number of anilines is 1. The summed E-state index contributed by atoms with van der Waals surface area (Å²) in [6.45, 7) is 9.20. The lowest BCUT2D eigenvalue weighted by molar-refractivity contribution is 0.457. The number of hydrogen-bond donors (Lipinski definition) is 1. The smallest absolute Gasteiger partial charge is 0.129 e. The molecule has 20 heavy (non-hydrogen) atoms. The third kappa shape index (κ3) is 1.54. The summed E-state index contributed by atoms with van der Waals surface area (Å²) in [5, 5.41) is 4.70. The third-order valence-corrected chi connectivity index (χ3v) is 5.36. The van der Waals surface area contributed by atoms with Crippen LogP contribution >= 0.6 is 0 Å². The predicted octanol–water partition coefficient (Wildman–Crippen LogP) is 3.21. The zero-order valence-corrected chi connectivity index (χ0v) is 12.8. The number of nitrogens with two attached hydrogens (primary N) is 1. The molecule has 0 unspecified atom stereocenters. The number of aryl methyl sites for hydroxylation is 1. The highest BCUT2D eigenvalue weighted by Gasteiger charge is 2.66. The molecule has 1 aliphatic rings. The second-order valence-electron chi connectivity index (χ2n) is 6.89. The number of rotatable bonds is 2. The van der Waals surface area contributed by atoms with Gasteiger partial charge in [-0.1, -0.05) is 33.8 Å². The van der Waals surface area contributed by atoms with E-state index in [1.54, 1.807) is 10.9 Å². The summed E-state index contributed by atoms with van der Waals surface area (Å²) >= 11 is 0. The van der Waals surface area contributed by atoms with Crippen molar-refractivity contribution in [3.05, 3.63) is 30.2 Å². The first kappa shape index (κ1) is 13.2. The Labute approximate surface area is 120 Å². The summed E-state index contributed by atoms with van der Waals surface area (Å²) in [4.78, 5) is 4.21. The molecule has 2 aromatic rings. The molecule has 0 bridgehead atoms. The molecule has 106 valence electrons. The predicted molar refractivity (Wildman–Crippen MR) is 81.2 cm³/mol. The molecule has 0 atom stereocenters. The standard InChI is InChI=1S/C16H22N4/c1-15(2)13(16(15,3)4)12-11(14(17)20(5)19-12)10-7-6-8-18-9-10/h6-9,13H,17H2,1-5H3. The van der Waals surface area contributed by atoms with Crippen molar-refractivity contribution >= 4 is 5.82 Å². The Morgan fingerprint density at radius 1 is 1.20 bits per heavy atom. The molecule has 1 fully saturated rings. The Morgan fingerprint density at radius 3 is 2.35 bits per heavy atom. The Kier molecular flexibility index (Phi) is 2.53. The maximum absolute atomic E-state index is 6.25. The summed E-state index contributed by atoms with van der Waals surface area (Å²) in [6, 6.07) is 3.99. The van der Waals surface area contributed by atoms with Gasteiger partial charge in [-0.05, 0) is 16.9 Å². The summed E-state index contributed by atoms with van der Waals surface area (Å²) < 4.78 is 1.78. The van der Waals surface area contributed by atoms with Gasteiger partial charge in [0.05, 0.1) is 5.69 Å². The first-order valence-corrected chi connectivity index (χ1v) is 7.01. The highest BCUT2D eigenvalue weighted by atomic mass is 15.3. The van der Waals surface area contributed by atoms with Gasteiger partial charge in [0.25, 0.3) is 0 Å². The molecule has 1 aliphatic carbocycles. The molecule has 2 heterocycles. The number of nitrogens with zero attached hydrogens (tertiary/aromatic N) is 3. The fraction of sp³-hybridized carbons (Fsp3) is 0.500. The lowest BCUT2D eigenvalue weighted by Crippen LogP contribution is -1.98. The Bertz CT molecular complexity index is 639. The second-order valence-corrected chi connectivity index (χ2v) is 6.89. The summed E-state index contributed by atoms with van der Waals surface area (Å²) in [5.74, 6) is 1.14.